The highest BCUT2D eigenvalue weighted by atomic mass is 32.1. The minimum atomic E-state index is 0.0160. The molecule has 0 unspecified atom stereocenters. The van der Waals surface area contributed by atoms with E-state index >= 15 is 0 Å². The molecule has 0 saturated carbocycles. The summed E-state index contributed by atoms with van der Waals surface area (Å²) in [7, 11) is 0. The lowest BCUT2D eigenvalue weighted by Crippen LogP contribution is -2.37. The van der Waals surface area contributed by atoms with Crippen molar-refractivity contribution in [3.8, 4) is 0 Å². The van der Waals surface area contributed by atoms with Crippen LogP contribution in [0.5, 0.6) is 0 Å². The van der Waals surface area contributed by atoms with Gasteiger partial charge >= 0.3 is 0 Å². The Morgan fingerprint density at radius 1 is 1.45 bits per heavy atom. The van der Waals surface area contributed by atoms with Crippen LogP contribution in [0.3, 0.4) is 0 Å². The predicted octanol–water partition coefficient (Wildman–Crippen LogP) is 2.59. The zero-order chi connectivity index (χ0) is 14.7. The summed E-state index contributed by atoms with van der Waals surface area (Å²) in [6, 6.07) is 0.180. The van der Waals surface area contributed by atoms with Crippen molar-refractivity contribution in [2.45, 2.75) is 46.1 Å². The molecular weight excluding hydrogens is 272 g/mol. The van der Waals surface area contributed by atoms with E-state index in [-0.39, 0.29) is 11.9 Å². The molecule has 0 radical (unpaired) electrons. The van der Waals surface area contributed by atoms with Crippen LogP contribution in [0.25, 0.3) is 0 Å². The summed E-state index contributed by atoms with van der Waals surface area (Å²) >= 11 is 1.44. The van der Waals surface area contributed by atoms with Gasteiger partial charge in [-0.3, -0.25) is 4.79 Å². The fourth-order valence-electron chi connectivity index (χ4n) is 2.48. The Labute approximate surface area is 124 Å². The first-order chi connectivity index (χ1) is 9.54. The second kappa shape index (κ2) is 6.43. The van der Waals surface area contributed by atoms with Crippen molar-refractivity contribution in [3.05, 3.63) is 4.88 Å². The van der Waals surface area contributed by atoms with E-state index in [2.05, 4.69) is 16.8 Å². The van der Waals surface area contributed by atoms with E-state index in [9.17, 15) is 4.79 Å². The van der Waals surface area contributed by atoms with Crippen LogP contribution < -0.4 is 10.6 Å². The Morgan fingerprint density at radius 2 is 2.10 bits per heavy atom. The first-order valence-electron chi connectivity index (χ1n) is 7.36. The van der Waals surface area contributed by atoms with Gasteiger partial charge in [0.15, 0.2) is 5.13 Å². The number of hydrogen-bond donors (Lipinski definition) is 1. The molecular formula is C14H24N4OS. The van der Waals surface area contributed by atoms with Crippen molar-refractivity contribution in [1.82, 2.24) is 9.88 Å². The highest BCUT2D eigenvalue weighted by Gasteiger charge is 2.25. The second-order valence-electron chi connectivity index (χ2n) is 5.50. The van der Waals surface area contributed by atoms with Crippen LogP contribution in [0.15, 0.2) is 0 Å². The Hall–Kier alpha value is -1.30. The molecule has 0 spiro atoms. The van der Waals surface area contributed by atoms with Crippen LogP contribution in [0, 0.1) is 0 Å². The summed E-state index contributed by atoms with van der Waals surface area (Å²) in [5, 5.41) is 0.892. The molecule has 1 fully saturated rings. The van der Waals surface area contributed by atoms with Crippen molar-refractivity contribution in [2.75, 3.05) is 30.3 Å². The Bertz CT molecular complexity index is 466. The summed E-state index contributed by atoms with van der Waals surface area (Å²) in [5.41, 5.74) is 5.97. The molecule has 2 heterocycles. The quantitative estimate of drug-likeness (QED) is 0.907. The van der Waals surface area contributed by atoms with Crippen molar-refractivity contribution < 1.29 is 4.79 Å². The molecule has 5 nitrogen and oxygen atoms in total. The average molecular weight is 296 g/mol. The molecule has 2 N–H and O–H groups in total. The molecule has 20 heavy (non-hydrogen) atoms. The summed E-state index contributed by atoms with van der Waals surface area (Å²) in [6.07, 6.45) is 3.33. The van der Waals surface area contributed by atoms with Gasteiger partial charge in [-0.15, -0.1) is 0 Å². The highest BCUT2D eigenvalue weighted by molar-refractivity contribution is 7.18. The first kappa shape index (κ1) is 15.1. The van der Waals surface area contributed by atoms with Crippen LogP contribution in [-0.4, -0.2) is 41.5 Å². The zero-order valence-corrected chi connectivity index (χ0v) is 13.4. The van der Waals surface area contributed by atoms with Gasteiger partial charge in [0, 0.05) is 25.7 Å². The van der Waals surface area contributed by atoms with Gasteiger partial charge in [0.1, 0.15) is 10.7 Å². The van der Waals surface area contributed by atoms with Gasteiger partial charge in [-0.1, -0.05) is 18.3 Å². The third-order valence-corrected chi connectivity index (χ3v) is 4.68. The molecule has 6 heteroatoms. The molecule has 0 aromatic carbocycles. The lowest BCUT2D eigenvalue weighted by Gasteiger charge is -2.25. The van der Waals surface area contributed by atoms with E-state index < -0.39 is 0 Å². The molecule has 1 aromatic rings. The number of hydrogen-bond acceptors (Lipinski definition) is 5. The monoisotopic (exact) mass is 296 g/mol. The van der Waals surface area contributed by atoms with Crippen LogP contribution in [-0.2, 0) is 0 Å². The molecule has 0 atom stereocenters. The first-order valence-corrected chi connectivity index (χ1v) is 8.18. The minimum Gasteiger partial charge on any atom is -0.382 e. The molecule has 1 saturated heterocycles. The maximum absolute atomic E-state index is 12.6. The second-order valence-corrected chi connectivity index (χ2v) is 6.47. The number of amides is 1. The lowest BCUT2D eigenvalue weighted by molar-refractivity contribution is 0.0712. The fourth-order valence-corrected chi connectivity index (χ4v) is 3.48. The topological polar surface area (TPSA) is 62.5 Å². The number of carbonyl (C=O) groups is 1. The Balaban J connectivity index is 2.20. The van der Waals surface area contributed by atoms with Gasteiger partial charge in [0.2, 0.25) is 0 Å². The third kappa shape index (κ3) is 3.06. The van der Waals surface area contributed by atoms with Gasteiger partial charge < -0.3 is 15.5 Å². The molecule has 1 amide bonds. The van der Waals surface area contributed by atoms with E-state index in [1.165, 1.54) is 24.2 Å². The van der Waals surface area contributed by atoms with Gasteiger partial charge in [0.25, 0.3) is 5.91 Å². The maximum atomic E-state index is 12.6. The lowest BCUT2D eigenvalue weighted by atomic mass is 10.2. The molecule has 112 valence electrons. The van der Waals surface area contributed by atoms with Crippen LogP contribution in [0.1, 0.15) is 49.7 Å². The Morgan fingerprint density at radius 3 is 2.65 bits per heavy atom. The van der Waals surface area contributed by atoms with E-state index in [0.29, 0.717) is 10.7 Å². The standard InChI is InChI=1S/C14H24N4OS/c1-4-7-18(10(2)3)13(19)11-12(15)16-14(20-11)17-8-5-6-9-17/h10H,4-9,15H2,1-3H3. The highest BCUT2D eigenvalue weighted by Crippen LogP contribution is 2.31. The summed E-state index contributed by atoms with van der Waals surface area (Å²) < 4.78 is 0. The normalized spacial score (nSPS) is 15.1. The van der Waals surface area contributed by atoms with Crippen LogP contribution in [0.4, 0.5) is 10.9 Å². The van der Waals surface area contributed by atoms with Gasteiger partial charge in [-0.25, -0.2) is 4.98 Å². The van der Waals surface area contributed by atoms with Gasteiger partial charge in [0.05, 0.1) is 0 Å². The van der Waals surface area contributed by atoms with E-state index in [4.69, 9.17) is 5.73 Å². The molecule has 0 bridgehead atoms. The predicted molar refractivity (Wildman–Crippen MR) is 84.4 cm³/mol. The number of aromatic nitrogens is 1. The summed E-state index contributed by atoms with van der Waals surface area (Å²) in [6.45, 7) is 8.94. The van der Waals surface area contributed by atoms with Crippen molar-refractivity contribution in [3.63, 3.8) is 0 Å². The number of nitrogen functional groups attached to an aromatic ring is 1. The molecule has 1 aliphatic heterocycles. The smallest absolute Gasteiger partial charge is 0.268 e. The van der Waals surface area contributed by atoms with E-state index in [1.54, 1.807) is 0 Å². The van der Waals surface area contributed by atoms with E-state index in [1.807, 2.05) is 18.7 Å². The summed E-state index contributed by atoms with van der Waals surface area (Å²) in [4.78, 5) is 21.7. The van der Waals surface area contributed by atoms with Gasteiger partial charge in [-0.2, -0.15) is 0 Å². The number of nitrogens with two attached hydrogens (primary N) is 1. The van der Waals surface area contributed by atoms with Crippen molar-refractivity contribution in [2.24, 2.45) is 0 Å². The zero-order valence-electron chi connectivity index (χ0n) is 12.6. The fraction of sp³-hybridized carbons (Fsp3) is 0.714. The minimum absolute atomic E-state index is 0.0160. The molecule has 0 aliphatic carbocycles. The third-order valence-electron chi connectivity index (χ3n) is 3.56. The van der Waals surface area contributed by atoms with Gasteiger partial charge in [-0.05, 0) is 33.1 Å². The molecule has 1 aromatic heterocycles. The molecule has 1 aliphatic rings. The molecule has 2 rings (SSSR count). The Kier molecular flexibility index (Phi) is 4.86. The number of rotatable bonds is 5. The number of nitrogens with zero attached hydrogens (tertiary/aromatic N) is 3. The number of thiazole rings is 1. The van der Waals surface area contributed by atoms with E-state index in [0.717, 1.165) is 31.2 Å². The van der Waals surface area contributed by atoms with Crippen LogP contribution >= 0.6 is 11.3 Å². The largest absolute Gasteiger partial charge is 0.382 e. The summed E-state index contributed by atoms with van der Waals surface area (Å²) in [5.74, 6) is 0.394. The van der Waals surface area contributed by atoms with Crippen molar-refractivity contribution in [1.29, 1.82) is 0 Å². The SMILES string of the molecule is CCCN(C(=O)c1sc(N2CCCC2)nc1N)C(C)C. The number of anilines is 2. The van der Waals surface area contributed by atoms with Crippen LogP contribution in [0.2, 0.25) is 0 Å². The average Bonchev–Trinajstić information content (AvgIpc) is 3.03. The maximum Gasteiger partial charge on any atom is 0.268 e. The number of carbonyl (C=O) groups excluding carboxylic acids is 1. The van der Waals surface area contributed by atoms with Crippen molar-refractivity contribution >= 4 is 28.2 Å².